The quantitative estimate of drug-likeness (QED) is 0.101. The molecule has 0 aliphatic carbocycles. The van der Waals surface area contributed by atoms with Crippen LogP contribution in [0.25, 0.3) is 10.9 Å². The minimum Gasteiger partial charge on any atom is -0.507 e. The molecule has 1 aliphatic heterocycles. The van der Waals surface area contributed by atoms with Crippen molar-refractivity contribution in [1.82, 2.24) is 26.0 Å². The number of phenolic OH excluding ortho intramolecular Hbond substituents is 1. The Morgan fingerprint density at radius 1 is 0.915 bits per heavy atom. The predicted octanol–water partition coefficient (Wildman–Crippen LogP) is 3.45. The van der Waals surface area contributed by atoms with Crippen molar-refractivity contribution < 1.29 is 43.4 Å². The van der Waals surface area contributed by atoms with E-state index in [0.29, 0.717) is 65.8 Å². The lowest BCUT2D eigenvalue weighted by Gasteiger charge is -2.19. The number of unbranched alkanes of at least 4 members (excludes halogenated alkanes) is 3. The number of phenols is 1. The zero-order valence-electron chi connectivity index (χ0n) is 25.8. The van der Waals surface area contributed by atoms with Gasteiger partial charge in [-0.05, 0) is 59.8 Å². The fraction of sp³-hybridized carbons (Fsp3) is 0.469. The van der Waals surface area contributed by atoms with Crippen LogP contribution in [0.3, 0.4) is 0 Å². The van der Waals surface area contributed by atoms with Crippen molar-refractivity contribution in [2.45, 2.75) is 76.7 Å². The van der Waals surface area contributed by atoms with Crippen LogP contribution < -0.4 is 16.0 Å². The second kappa shape index (κ2) is 19.1. The van der Waals surface area contributed by atoms with E-state index >= 15 is 0 Å². The van der Waals surface area contributed by atoms with E-state index in [1.165, 1.54) is 6.07 Å². The molecule has 0 bridgehead atoms. The molecule has 1 aromatic heterocycles. The molecule has 14 nitrogen and oxygen atoms in total. The summed E-state index contributed by atoms with van der Waals surface area (Å²) in [6.45, 7) is 0.672. The molecule has 2 heterocycles. The molecular weight excluding hydrogens is 678 g/mol. The Kier molecular flexibility index (Phi) is 14.9. The average molecular weight is 717 g/mol. The Hall–Kier alpha value is -4.71. The highest BCUT2D eigenvalue weighted by Gasteiger charge is 2.32. The van der Waals surface area contributed by atoms with E-state index in [9.17, 15) is 33.9 Å². The molecule has 47 heavy (non-hydrogen) atoms. The number of carbonyl (C=O) groups is 6. The third-order valence-corrected chi connectivity index (χ3v) is 7.86. The molecule has 4 N–H and O–H groups in total. The van der Waals surface area contributed by atoms with Crippen LogP contribution in [-0.2, 0) is 33.5 Å². The molecule has 1 fully saturated rings. The molecule has 1 aromatic carbocycles. The molecule has 1 atom stereocenters. The van der Waals surface area contributed by atoms with Crippen LogP contribution >= 0.6 is 15.9 Å². The number of benzene rings is 1. The molecule has 0 saturated carbocycles. The predicted molar refractivity (Wildman–Crippen MR) is 172 cm³/mol. The van der Waals surface area contributed by atoms with Crippen LogP contribution in [0.5, 0.6) is 5.75 Å². The van der Waals surface area contributed by atoms with E-state index in [1.807, 2.05) is 0 Å². The second-order valence-corrected chi connectivity index (χ2v) is 11.5. The van der Waals surface area contributed by atoms with E-state index in [-0.39, 0.29) is 62.8 Å². The van der Waals surface area contributed by atoms with Crippen LogP contribution in [-0.4, -0.2) is 70.5 Å². The number of hydrogen-bond donors (Lipinski definition) is 4. The van der Waals surface area contributed by atoms with Gasteiger partial charge < -0.3 is 30.6 Å². The van der Waals surface area contributed by atoms with Gasteiger partial charge in [-0.3, -0.25) is 19.2 Å². The monoisotopic (exact) mass is 715 g/mol. The number of terminal acetylenes is 1. The Labute approximate surface area is 280 Å². The molecular formula is C32H38BrN5O9. The van der Waals surface area contributed by atoms with Gasteiger partial charge in [0.05, 0.1) is 22.2 Å². The number of aromatic hydroxyl groups is 1. The van der Waals surface area contributed by atoms with Gasteiger partial charge >= 0.3 is 12.1 Å². The first-order valence-corrected chi connectivity index (χ1v) is 16.1. The van der Waals surface area contributed by atoms with Gasteiger partial charge in [0.15, 0.2) is 0 Å². The minimum absolute atomic E-state index is 0.00411. The molecule has 3 rings (SSSR count). The first-order valence-electron chi connectivity index (χ1n) is 15.3. The van der Waals surface area contributed by atoms with Gasteiger partial charge in [-0.25, -0.2) is 14.6 Å². The van der Waals surface area contributed by atoms with Crippen LogP contribution in [0, 0.1) is 12.3 Å². The zero-order valence-corrected chi connectivity index (χ0v) is 27.4. The summed E-state index contributed by atoms with van der Waals surface area (Å²) < 4.78 is 6.09. The van der Waals surface area contributed by atoms with Crippen LogP contribution in [0.15, 0.2) is 28.7 Å². The minimum atomic E-state index is -0.834. The van der Waals surface area contributed by atoms with Crippen molar-refractivity contribution in [1.29, 1.82) is 0 Å². The first-order chi connectivity index (χ1) is 22.6. The maximum absolute atomic E-state index is 12.7. The summed E-state index contributed by atoms with van der Waals surface area (Å²) in [6, 6.07) is 6.74. The number of hydroxylamine groups is 2. The lowest BCUT2D eigenvalue weighted by molar-refractivity contribution is -0.197. The van der Waals surface area contributed by atoms with Gasteiger partial charge in [0.1, 0.15) is 11.9 Å². The number of alkyl carbamates (subject to hydrolysis) is 1. The number of rotatable bonds is 18. The van der Waals surface area contributed by atoms with Crippen molar-refractivity contribution in [2.24, 2.45) is 0 Å². The Morgan fingerprint density at radius 2 is 1.57 bits per heavy atom. The van der Waals surface area contributed by atoms with Crippen molar-refractivity contribution >= 4 is 62.5 Å². The molecule has 1 unspecified atom stereocenters. The van der Waals surface area contributed by atoms with E-state index in [2.05, 4.69) is 42.8 Å². The fourth-order valence-electron chi connectivity index (χ4n) is 4.58. The van der Waals surface area contributed by atoms with Crippen molar-refractivity contribution in [3.05, 3.63) is 34.4 Å². The zero-order chi connectivity index (χ0) is 34.2. The van der Waals surface area contributed by atoms with Gasteiger partial charge in [0, 0.05) is 57.0 Å². The normalized spacial score (nSPS) is 13.1. The standard InChI is InChI=1S/C32H38BrN5O9/c1-2-18-34-25(40)8-4-3-7-19-36-32(45)46-24(22-13-11-21-12-14-23(39)30(33)31(21)37-22)17-20-35-26(41)9-5-6-10-29(44)47-38-27(42)15-16-28(38)43/h1,11-14,24,39H,3-10,15-20H2,(H,34,40)(H,35,41)(H,36,45). The summed E-state index contributed by atoms with van der Waals surface area (Å²) in [7, 11) is 0. The van der Waals surface area contributed by atoms with Crippen LogP contribution in [0.4, 0.5) is 4.79 Å². The number of hydrogen-bond acceptors (Lipinski definition) is 10. The largest absolute Gasteiger partial charge is 0.507 e. The molecule has 1 saturated heterocycles. The summed E-state index contributed by atoms with van der Waals surface area (Å²) in [5.41, 5.74) is 0.892. The highest BCUT2D eigenvalue weighted by molar-refractivity contribution is 9.10. The molecule has 5 amide bonds. The van der Waals surface area contributed by atoms with Crippen molar-refractivity contribution in [3.63, 3.8) is 0 Å². The Morgan fingerprint density at radius 3 is 2.30 bits per heavy atom. The topological polar surface area (TPSA) is 193 Å². The summed E-state index contributed by atoms with van der Waals surface area (Å²) in [5, 5.41) is 19.4. The number of halogens is 1. The molecule has 15 heteroatoms. The lowest BCUT2D eigenvalue weighted by Crippen LogP contribution is -2.32. The fourth-order valence-corrected chi connectivity index (χ4v) is 5.03. The Bertz CT molecular complexity index is 1490. The Balaban J connectivity index is 1.47. The van der Waals surface area contributed by atoms with Gasteiger partial charge in [0.25, 0.3) is 11.8 Å². The van der Waals surface area contributed by atoms with Crippen molar-refractivity contribution in [3.8, 4) is 18.1 Å². The number of nitrogens with one attached hydrogen (secondary N) is 3. The molecule has 0 spiro atoms. The summed E-state index contributed by atoms with van der Waals surface area (Å²) in [4.78, 5) is 81.2. The summed E-state index contributed by atoms with van der Waals surface area (Å²) >= 11 is 3.34. The number of carbonyl (C=O) groups excluding carboxylic acids is 6. The van der Waals surface area contributed by atoms with Gasteiger partial charge in [-0.15, -0.1) is 11.5 Å². The highest BCUT2D eigenvalue weighted by Crippen LogP contribution is 2.32. The smallest absolute Gasteiger partial charge is 0.407 e. The third-order valence-electron chi connectivity index (χ3n) is 7.08. The maximum atomic E-state index is 12.7. The number of fused-ring (bicyclic) bond motifs is 1. The van der Waals surface area contributed by atoms with Gasteiger partial charge in [0.2, 0.25) is 11.8 Å². The number of pyridine rings is 1. The van der Waals surface area contributed by atoms with Crippen molar-refractivity contribution in [2.75, 3.05) is 19.6 Å². The van der Waals surface area contributed by atoms with Gasteiger partial charge in [-0.1, -0.05) is 18.4 Å². The summed E-state index contributed by atoms with van der Waals surface area (Å²) in [6.07, 6.45) is 6.91. The number of amides is 5. The number of aromatic nitrogens is 1. The van der Waals surface area contributed by atoms with Crippen LogP contribution in [0.1, 0.15) is 82.4 Å². The number of imide groups is 1. The van der Waals surface area contributed by atoms with Crippen LogP contribution in [0.2, 0.25) is 0 Å². The maximum Gasteiger partial charge on any atom is 0.407 e. The van der Waals surface area contributed by atoms with E-state index in [0.717, 1.165) is 5.39 Å². The van der Waals surface area contributed by atoms with Gasteiger partial charge in [-0.2, -0.15) is 0 Å². The van der Waals surface area contributed by atoms with E-state index in [1.54, 1.807) is 18.2 Å². The van der Waals surface area contributed by atoms with E-state index < -0.39 is 30.0 Å². The number of nitrogens with zero attached hydrogens (tertiary/aromatic N) is 2. The second-order valence-electron chi connectivity index (χ2n) is 10.7. The molecule has 2 aromatic rings. The lowest BCUT2D eigenvalue weighted by atomic mass is 10.1. The van der Waals surface area contributed by atoms with E-state index in [4.69, 9.17) is 16.0 Å². The summed E-state index contributed by atoms with van der Waals surface area (Å²) in [5.74, 6) is 0.116. The number of ether oxygens (including phenoxy) is 1. The molecule has 252 valence electrons. The highest BCUT2D eigenvalue weighted by atomic mass is 79.9. The molecule has 0 radical (unpaired) electrons. The average Bonchev–Trinajstić information content (AvgIpc) is 3.36. The molecule has 1 aliphatic rings. The third kappa shape index (κ3) is 12.2. The SMILES string of the molecule is C#CCNC(=O)CCCCCNC(=O)OC(CCNC(=O)CCCCC(=O)ON1C(=O)CCC1=O)c1ccc2ccc(O)c(Br)c2n1. The first kappa shape index (κ1) is 36.8.